The molecule has 1 unspecified atom stereocenters. The summed E-state index contributed by atoms with van der Waals surface area (Å²) in [5.41, 5.74) is 2.77. The zero-order valence-electron chi connectivity index (χ0n) is 16.9. The molecule has 31 heavy (non-hydrogen) atoms. The molecule has 1 aliphatic rings. The largest absolute Gasteiger partial charge is 0.507 e. The number of nitrogens with zero attached hydrogens (tertiary/aromatic N) is 1. The third kappa shape index (κ3) is 3.87. The van der Waals surface area contributed by atoms with Gasteiger partial charge < -0.3 is 14.4 Å². The first kappa shape index (κ1) is 21.2. The van der Waals surface area contributed by atoms with Crippen LogP contribution >= 0.6 is 23.2 Å². The van der Waals surface area contributed by atoms with Crippen LogP contribution in [0.25, 0.3) is 5.76 Å². The fourth-order valence-electron chi connectivity index (χ4n) is 3.78. The molecular formula is C24H19Cl2NO4. The lowest BCUT2D eigenvalue weighted by molar-refractivity contribution is -0.140. The molecule has 7 heteroatoms. The summed E-state index contributed by atoms with van der Waals surface area (Å²) in [5, 5.41) is 11.8. The lowest BCUT2D eigenvalue weighted by Gasteiger charge is -2.25. The Balaban J connectivity index is 1.93. The fourth-order valence-corrected chi connectivity index (χ4v) is 4.09. The maximum atomic E-state index is 13.1. The number of likely N-dealkylation sites (tertiary alicyclic amines) is 1. The number of hydrogen-bond donors (Lipinski definition) is 1. The van der Waals surface area contributed by atoms with Gasteiger partial charge in [-0.1, -0.05) is 47.0 Å². The van der Waals surface area contributed by atoms with Crippen LogP contribution in [0.3, 0.4) is 0 Å². The van der Waals surface area contributed by atoms with Crippen molar-refractivity contribution in [2.24, 2.45) is 0 Å². The highest BCUT2D eigenvalue weighted by atomic mass is 35.5. The normalized spacial score (nSPS) is 18.1. The van der Waals surface area contributed by atoms with Crippen LogP contribution in [0.1, 0.15) is 34.1 Å². The summed E-state index contributed by atoms with van der Waals surface area (Å²) in [6, 6.07) is 13.0. The molecule has 1 N–H and O–H groups in total. The number of ketones is 1. The molecule has 1 amide bonds. The Morgan fingerprint density at radius 1 is 1.06 bits per heavy atom. The zero-order chi connectivity index (χ0) is 22.3. The summed E-state index contributed by atoms with van der Waals surface area (Å²) in [5.74, 6) is -1.20. The maximum Gasteiger partial charge on any atom is 0.296 e. The monoisotopic (exact) mass is 455 g/mol. The number of Topliss-reactive ketones (excluding diaryl/α,β-unsaturated/α-hetero) is 1. The van der Waals surface area contributed by atoms with Gasteiger partial charge in [0, 0.05) is 5.56 Å². The zero-order valence-corrected chi connectivity index (χ0v) is 18.4. The van der Waals surface area contributed by atoms with Crippen LogP contribution in [0.5, 0.6) is 0 Å². The molecule has 1 aliphatic heterocycles. The van der Waals surface area contributed by atoms with Crippen molar-refractivity contribution >= 4 is 40.7 Å². The number of amides is 1. The molecule has 0 saturated carbocycles. The van der Waals surface area contributed by atoms with Crippen LogP contribution in [-0.4, -0.2) is 21.7 Å². The first-order valence-electron chi connectivity index (χ1n) is 9.61. The van der Waals surface area contributed by atoms with Crippen molar-refractivity contribution in [2.45, 2.75) is 26.4 Å². The van der Waals surface area contributed by atoms with E-state index in [-0.39, 0.29) is 22.9 Å². The van der Waals surface area contributed by atoms with Crippen LogP contribution in [-0.2, 0) is 16.1 Å². The number of aliphatic hydroxyl groups is 1. The van der Waals surface area contributed by atoms with E-state index in [1.807, 2.05) is 26.0 Å². The summed E-state index contributed by atoms with van der Waals surface area (Å²) < 4.78 is 5.39. The molecule has 3 aromatic rings. The average Bonchev–Trinajstić information content (AvgIpc) is 3.34. The molecule has 0 radical (unpaired) electrons. The van der Waals surface area contributed by atoms with Crippen molar-refractivity contribution in [3.05, 3.63) is 98.4 Å². The molecule has 0 bridgehead atoms. The van der Waals surface area contributed by atoms with Crippen LogP contribution in [0.15, 0.2) is 64.8 Å². The lowest BCUT2D eigenvalue weighted by Crippen LogP contribution is -2.29. The quantitative estimate of drug-likeness (QED) is 0.305. The van der Waals surface area contributed by atoms with Gasteiger partial charge in [-0.25, -0.2) is 0 Å². The van der Waals surface area contributed by atoms with Crippen LogP contribution in [0.4, 0.5) is 0 Å². The van der Waals surface area contributed by atoms with Crippen molar-refractivity contribution in [3.8, 4) is 0 Å². The molecule has 1 saturated heterocycles. The fraction of sp³-hybridized carbons (Fsp3) is 0.167. The Labute approximate surface area is 189 Å². The molecule has 158 valence electrons. The van der Waals surface area contributed by atoms with Crippen LogP contribution < -0.4 is 0 Å². The summed E-state index contributed by atoms with van der Waals surface area (Å²) in [6.45, 7) is 3.79. The molecule has 4 rings (SSSR count). The van der Waals surface area contributed by atoms with Gasteiger partial charge in [0.05, 0.1) is 34.5 Å². The van der Waals surface area contributed by atoms with Gasteiger partial charge in [-0.15, -0.1) is 0 Å². The molecule has 0 spiro atoms. The Hall–Kier alpha value is -3.02. The van der Waals surface area contributed by atoms with E-state index in [1.54, 1.807) is 36.4 Å². The van der Waals surface area contributed by atoms with Gasteiger partial charge in [0.25, 0.3) is 11.7 Å². The van der Waals surface area contributed by atoms with E-state index in [1.165, 1.54) is 11.2 Å². The lowest BCUT2D eigenvalue weighted by atomic mass is 9.93. The van der Waals surface area contributed by atoms with Gasteiger partial charge in [-0.05, 0) is 55.3 Å². The van der Waals surface area contributed by atoms with Gasteiger partial charge in [-0.3, -0.25) is 9.59 Å². The molecule has 1 aromatic heterocycles. The van der Waals surface area contributed by atoms with Crippen molar-refractivity contribution in [3.63, 3.8) is 0 Å². The minimum atomic E-state index is -0.847. The van der Waals surface area contributed by atoms with Gasteiger partial charge in [0.15, 0.2) is 0 Å². The Kier molecular flexibility index (Phi) is 5.65. The van der Waals surface area contributed by atoms with E-state index in [9.17, 15) is 14.7 Å². The number of aryl methyl sites for hydroxylation is 2. The number of aliphatic hydroxyl groups excluding tert-OH is 1. The molecule has 2 aromatic carbocycles. The number of carbonyl (C=O) groups excluding carboxylic acids is 2. The van der Waals surface area contributed by atoms with Crippen molar-refractivity contribution < 1.29 is 19.1 Å². The first-order chi connectivity index (χ1) is 14.8. The number of rotatable bonds is 4. The van der Waals surface area contributed by atoms with Gasteiger partial charge in [-0.2, -0.15) is 0 Å². The number of furan rings is 1. The van der Waals surface area contributed by atoms with Gasteiger partial charge in [0.2, 0.25) is 0 Å². The minimum absolute atomic E-state index is 0.00338. The summed E-state index contributed by atoms with van der Waals surface area (Å²) in [4.78, 5) is 27.5. The Morgan fingerprint density at radius 2 is 1.84 bits per heavy atom. The highest BCUT2D eigenvalue weighted by Crippen LogP contribution is 2.42. The second-order valence-electron chi connectivity index (χ2n) is 7.50. The first-order valence-corrected chi connectivity index (χ1v) is 10.4. The number of hydrogen-bond acceptors (Lipinski definition) is 4. The smallest absolute Gasteiger partial charge is 0.296 e. The summed E-state index contributed by atoms with van der Waals surface area (Å²) in [6.07, 6.45) is 1.50. The van der Waals surface area contributed by atoms with Gasteiger partial charge in [0.1, 0.15) is 11.5 Å². The number of carbonyl (C=O) groups is 2. The Bertz CT molecular complexity index is 1210. The van der Waals surface area contributed by atoms with Gasteiger partial charge >= 0.3 is 0 Å². The van der Waals surface area contributed by atoms with E-state index in [0.717, 1.165) is 11.1 Å². The molecule has 0 aliphatic carbocycles. The summed E-state index contributed by atoms with van der Waals surface area (Å²) >= 11 is 12.3. The van der Waals surface area contributed by atoms with Crippen molar-refractivity contribution in [1.29, 1.82) is 0 Å². The van der Waals surface area contributed by atoms with Crippen molar-refractivity contribution in [1.82, 2.24) is 4.90 Å². The molecule has 2 heterocycles. The average molecular weight is 456 g/mol. The highest BCUT2D eigenvalue weighted by Gasteiger charge is 2.46. The van der Waals surface area contributed by atoms with Crippen LogP contribution in [0, 0.1) is 13.8 Å². The third-order valence-electron chi connectivity index (χ3n) is 5.35. The number of benzene rings is 2. The van der Waals surface area contributed by atoms with E-state index in [0.29, 0.717) is 21.9 Å². The predicted molar refractivity (Wildman–Crippen MR) is 119 cm³/mol. The predicted octanol–water partition coefficient (Wildman–Crippen LogP) is 5.83. The Morgan fingerprint density at radius 3 is 2.52 bits per heavy atom. The molecule has 1 fully saturated rings. The van der Waals surface area contributed by atoms with Crippen LogP contribution in [0.2, 0.25) is 10.0 Å². The highest BCUT2D eigenvalue weighted by molar-refractivity contribution is 6.46. The summed E-state index contributed by atoms with van der Waals surface area (Å²) in [7, 11) is 0. The standard InChI is InChI=1S/C24H19Cl2NO4/c1-13-5-6-14(2)17(10-13)22(28)20-21(15-7-8-18(25)19(26)11-15)27(24(30)23(20)29)12-16-4-3-9-31-16/h3-11,21,28H,12H2,1-2H3/b22-20+. The SMILES string of the molecule is Cc1ccc(C)c(/C(O)=C2\C(=O)C(=O)N(Cc3ccco3)C2c2ccc(Cl)c(Cl)c2)c1. The molecular weight excluding hydrogens is 437 g/mol. The molecule has 5 nitrogen and oxygen atoms in total. The maximum absolute atomic E-state index is 13.1. The molecule has 1 atom stereocenters. The van der Waals surface area contributed by atoms with E-state index in [4.69, 9.17) is 27.6 Å². The third-order valence-corrected chi connectivity index (χ3v) is 6.09. The van der Waals surface area contributed by atoms with E-state index >= 15 is 0 Å². The number of halogens is 2. The van der Waals surface area contributed by atoms with E-state index < -0.39 is 17.7 Å². The van der Waals surface area contributed by atoms with E-state index in [2.05, 4.69) is 0 Å². The topological polar surface area (TPSA) is 70.8 Å². The second kappa shape index (κ2) is 8.25. The minimum Gasteiger partial charge on any atom is -0.507 e. The second-order valence-corrected chi connectivity index (χ2v) is 8.31. The van der Waals surface area contributed by atoms with Crippen molar-refractivity contribution in [2.75, 3.05) is 0 Å².